The molecule has 0 aliphatic carbocycles. The van der Waals surface area contributed by atoms with Crippen LogP contribution in [0, 0.1) is 5.92 Å². The van der Waals surface area contributed by atoms with Crippen LogP contribution in [-0.2, 0) is 27.8 Å². The standard InChI is InChI=1S/C30H36N2O7S/c1-22(2)19-32(40(35,36)25-13-14-28-29(18-25)38-16-15-37-28)20-27(33)26(17-23-9-5-3-6-10-23)31-30(34)39-21-24-11-7-4-8-12-24/h3-14,18,22,26-27,33H,15-17,19-21H2,1-2H3,(H,31,34)/t26?,27-/m1/s1. The lowest BCUT2D eigenvalue weighted by Gasteiger charge is -2.31. The van der Waals surface area contributed by atoms with E-state index >= 15 is 0 Å². The van der Waals surface area contributed by atoms with E-state index in [1.165, 1.54) is 16.4 Å². The zero-order valence-electron chi connectivity index (χ0n) is 22.7. The molecule has 0 saturated heterocycles. The van der Waals surface area contributed by atoms with E-state index in [9.17, 15) is 18.3 Å². The van der Waals surface area contributed by atoms with Crippen molar-refractivity contribution in [3.8, 4) is 11.5 Å². The predicted octanol–water partition coefficient (Wildman–Crippen LogP) is 4.00. The minimum Gasteiger partial charge on any atom is -0.486 e. The smallest absolute Gasteiger partial charge is 0.407 e. The molecule has 0 saturated carbocycles. The van der Waals surface area contributed by atoms with Crippen molar-refractivity contribution < 1.29 is 32.5 Å². The third-order valence-corrected chi connectivity index (χ3v) is 8.22. The van der Waals surface area contributed by atoms with Gasteiger partial charge in [0, 0.05) is 19.2 Å². The molecule has 1 aliphatic heterocycles. The Morgan fingerprint density at radius 3 is 2.20 bits per heavy atom. The highest BCUT2D eigenvalue weighted by Gasteiger charge is 2.32. The van der Waals surface area contributed by atoms with E-state index in [1.54, 1.807) is 6.07 Å². The van der Waals surface area contributed by atoms with Gasteiger partial charge in [0.15, 0.2) is 11.5 Å². The molecule has 3 aromatic carbocycles. The van der Waals surface area contributed by atoms with Crippen LogP contribution in [0.2, 0.25) is 0 Å². The first kappa shape index (κ1) is 29.4. The summed E-state index contributed by atoms with van der Waals surface area (Å²) in [7, 11) is -4.01. The van der Waals surface area contributed by atoms with Gasteiger partial charge < -0.3 is 24.6 Å². The Hall–Kier alpha value is -3.60. The molecule has 9 nitrogen and oxygen atoms in total. The first-order valence-electron chi connectivity index (χ1n) is 13.3. The SMILES string of the molecule is CC(C)CN(C[C@@H](O)C(Cc1ccccc1)NC(=O)OCc1ccccc1)S(=O)(=O)c1ccc2c(c1)OCCO2. The number of carbonyl (C=O) groups excluding carboxylic acids is 1. The number of nitrogens with one attached hydrogen (secondary N) is 1. The number of fused-ring (bicyclic) bond motifs is 1. The number of carbonyl (C=O) groups is 1. The van der Waals surface area contributed by atoms with Crippen molar-refractivity contribution in [2.45, 2.75) is 43.9 Å². The molecule has 10 heteroatoms. The van der Waals surface area contributed by atoms with E-state index in [0.717, 1.165) is 11.1 Å². The first-order chi connectivity index (χ1) is 19.2. The summed E-state index contributed by atoms with van der Waals surface area (Å²) >= 11 is 0. The monoisotopic (exact) mass is 568 g/mol. The van der Waals surface area contributed by atoms with Crippen molar-refractivity contribution in [3.05, 3.63) is 90.0 Å². The fourth-order valence-corrected chi connectivity index (χ4v) is 6.05. The van der Waals surface area contributed by atoms with Gasteiger partial charge in [-0.15, -0.1) is 0 Å². The molecule has 1 heterocycles. The lowest BCUT2D eigenvalue weighted by atomic mass is 10.0. The molecule has 214 valence electrons. The number of sulfonamides is 1. The van der Waals surface area contributed by atoms with Crippen LogP contribution in [0.25, 0.3) is 0 Å². The quantitative estimate of drug-likeness (QED) is 0.339. The molecule has 1 amide bonds. The summed E-state index contributed by atoms with van der Waals surface area (Å²) in [6.07, 6.45) is -1.65. The minimum absolute atomic E-state index is 0.0180. The van der Waals surface area contributed by atoms with Gasteiger partial charge in [-0.2, -0.15) is 4.31 Å². The Kier molecular flexibility index (Phi) is 10.0. The normalized spacial score (nSPS) is 14.5. The van der Waals surface area contributed by atoms with Gasteiger partial charge in [0.25, 0.3) is 0 Å². The molecular formula is C30H36N2O7S. The van der Waals surface area contributed by atoms with E-state index in [-0.39, 0.29) is 36.9 Å². The van der Waals surface area contributed by atoms with Gasteiger partial charge in [-0.25, -0.2) is 13.2 Å². The largest absolute Gasteiger partial charge is 0.486 e. The molecule has 0 radical (unpaired) electrons. The van der Waals surface area contributed by atoms with Crippen LogP contribution in [0.5, 0.6) is 11.5 Å². The van der Waals surface area contributed by atoms with E-state index in [4.69, 9.17) is 14.2 Å². The summed E-state index contributed by atoms with van der Waals surface area (Å²) in [5, 5.41) is 14.1. The number of ether oxygens (including phenoxy) is 3. The average molecular weight is 569 g/mol. The lowest BCUT2D eigenvalue weighted by Crippen LogP contribution is -2.51. The average Bonchev–Trinajstić information content (AvgIpc) is 2.96. The van der Waals surface area contributed by atoms with Crippen LogP contribution in [-0.4, -0.2) is 62.4 Å². The number of rotatable bonds is 12. The Bertz CT molecular complexity index is 1350. The second-order valence-corrected chi connectivity index (χ2v) is 12.0. The van der Waals surface area contributed by atoms with Crippen molar-refractivity contribution in [2.75, 3.05) is 26.3 Å². The summed E-state index contributed by atoms with van der Waals surface area (Å²) in [6, 6.07) is 22.3. The number of nitrogens with zero attached hydrogens (tertiary/aromatic N) is 1. The summed E-state index contributed by atoms with van der Waals surface area (Å²) < 4.78 is 45.3. The summed E-state index contributed by atoms with van der Waals surface area (Å²) in [6.45, 7) is 4.54. The Morgan fingerprint density at radius 1 is 0.925 bits per heavy atom. The van der Waals surface area contributed by atoms with Crippen molar-refractivity contribution in [1.82, 2.24) is 9.62 Å². The van der Waals surface area contributed by atoms with E-state index < -0.39 is 28.3 Å². The molecule has 0 fully saturated rings. The highest BCUT2D eigenvalue weighted by molar-refractivity contribution is 7.89. The number of aliphatic hydroxyl groups is 1. The van der Waals surface area contributed by atoms with Gasteiger partial charge in [0.2, 0.25) is 10.0 Å². The summed E-state index contributed by atoms with van der Waals surface area (Å²) in [5.74, 6) is 0.833. The molecule has 2 atom stereocenters. The fourth-order valence-electron chi connectivity index (χ4n) is 4.41. The molecule has 0 aromatic heterocycles. The first-order valence-corrected chi connectivity index (χ1v) is 14.8. The van der Waals surface area contributed by atoms with Crippen LogP contribution in [0.3, 0.4) is 0 Å². The van der Waals surface area contributed by atoms with Gasteiger partial charge in [0.1, 0.15) is 19.8 Å². The van der Waals surface area contributed by atoms with Gasteiger partial charge in [-0.05, 0) is 35.6 Å². The molecule has 3 aromatic rings. The highest BCUT2D eigenvalue weighted by Crippen LogP contribution is 2.33. The van der Waals surface area contributed by atoms with Gasteiger partial charge in [0.05, 0.1) is 17.0 Å². The van der Waals surface area contributed by atoms with Crippen LogP contribution in [0.15, 0.2) is 83.8 Å². The van der Waals surface area contributed by atoms with Crippen LogP contribution < -0.4 is 14.8 Å². The van der Waals surface area contributed by atoms with Crippen LogP contribution in [0.4, 0.5) is 4.79 Å². The topological polar surface area (TPSA) is 114 Å². The molecular weight excluding hydrogens is 532 g/mol. The maximum Gasteiger partial charge on any atom is 0.407 e. The molecule has 0 spiro atoms. The lowest BCUT2D eigenvalue weighted by molar-refractivity contribution is 0.0873. The number of alkyl carbamates (subject to hydrolysis) is 1. The fraction of sp³-hybridized carbons (Fsp3) is 0.367. The van der Waals surface area contributed by atoms with Gasteiger partial charge in [-0.1, -0.05) is 74.5 Å². The zero-order valence-corrected chi connectivity index (χ0v) is 23.5. The number of aliphatic hydroxyl groups excluding tert-OH is 1. The summed E-state index contributed by atoms with van der Waals surface area (Å²) in [4.78, 5) is 12.8. The second kappa shape index (κ2) is 13.6. The predicted molar refractivity (Wildman–Crippen MR) is 151 cm³/mol. The van der Waals surface area contributed by atoms with Crippen molar-refractivity contribution >= 4 is 16.1 Å². The number of benzene rings is 3. The van der Waals surface area contributed by atoms with Crippen LogP contribution >= 0.6 is 0 Å². The molecule has 40 heavy (non-hydrogen) atoms. The molecule has 4 rings (SSSR count). The van der Waals surface area contributed by atoms with Gasteiger partial charge >= 0.3 is 6.09 Å². The number of amides is 1. The van der Waals surface area contributed by atoms with E-state index in [2.05, 4.69) is 5.32 Å². The van der Waals surface area contributed by atoms with Crippen LogP contribution in [0.1, 0.15) is 25.0 Å². The molecule has 1 aliphatic rings. The van der Waals surface area contributed by atoms with Gasteiger partial charge in [-0.3, -0.25) is 0 Å². The summed E-state index contributed by atoms with van der Waals surface area (Å²) in [5.41, 5.74) is 1.70. The zero-order chi connectivity index (χ0) is 28.5. The second-order valence-electron chi connectivity index (χ2n) is 10.1. The number of hydrogen-bond acceptors (Lipinski definition) is 7. The third kappa shape index (κ3) is 7.97. The maximum atomic E-state index is 13.8. The molecule has 1 unspecified atom stereocenters. The number of hydrogen-bond donors (Lipinski definition) is 2. The minimum atomic E-state index is -4.01. The molecule has 0 bridgehead atoms. The molecule has 2 N–H and O–H groups in total. The Labute approximate surface area is 235 Å². The van der Waals surface area contributed by atoms with Crippen molar-refractivity contribution in [2.24, 2.45) is 5.92 Å². The van der Waals surface area contributed by atoms with E-state index in [0.29, 0.717) is 24.7 Å². The Morgan fingerprint density at radius 2 is 1.55 bits per heavy atom. The van der Waals surface area contributed by atoms with E-state index in [1.807, 2.05) is 74.5 Å². The third-order valence-electron chi connectivity index (χ3n) is 6.39. The highest BCUT2D eigenvalue weighted by atomic mass is 32.2. The maximum absolute atomic E-state index is 13.8. The van der Waals surface area contributed by atoms with Crippen molar-refractivity contribution in [1.29, 1.82) is 0 Å². The van der Waals surface area contributed by atoms with Crippen molar-refractivity contribution in [3.63, 3.8) is 0 Å². The Balaban J connectivity index is 1.53.